The van der Waals surface area contributed by atoms with Crippen LogP contribution in [0.25, 0.3) is 0 Å². The average Bonchev–Trinajstić information content (AvgIpc) is 2.64. The normalized spacial score (nSPS) is 10.7. The molecule has 0 fully saturated rings. The van der Waals surface area contributed by atoms with E-state index < -0.39 is 23.5 Å². The minimum Gasteiger partial charge on any atom is -0.462 e. The van der Waals surface area contributed by atoms with Gasteiger partial charge in [-0.05, 0) is 31.2 Å². The molecule has 0 atom stereocenters. The van der Waals surface area contributed by atoms with Gasteiger partial charge < -0.3 is 15.4 Å². The molecule has 2 rings (SSSR count). The van der Waals surface area contributed by atoms with Gasteiger partial charge in [0.1, 0.15) is 23.3 Å². The largest absolute Gasteiger partial charge is 0.462 e. The van der Waals surface area contributed by atoms with Crippen LogP contribution in [0.1, 0.15) is 17.3 Å². The lowest BCUT2D eigenvalue weighted by Gasteiger charge is -2.10. The minimum atomic E-state index is -0.878. The molecule has 0 bridgehead atoms. The lowest BCUT2D eigenvalue weighted by molar-refractivity contribution is -0.112. The predicted molar refractivity (Wildman–Crippen MR) is 94.7 cm³/mol. The average molecular weight is 371 g/mol. The Morgan fingerprint density at radius 3 is 2.59 bits per heavy atom. The quantitative estimate of drug-likeness (QED) is 0.460. The van der Waals surface area contributed by atoms with Gasteiger partial charge in [0.25, 0.3) is 5.91 Å². The van der Waals surface area contributed by atoms with Crippen molar-refractivity contribution in [3.05, 3.63) is 71.4 Å². The van der Waals surface area contributed by atoms with Crippen molar-refractivity contribution in [3.63, 3.8) is 0 Å². The number of anilines is 2. The van der Waals surface area contributed by atoms with Crippen LogP contribution in [-0.4, -0.2) is 18.5 Å². The van der Waals surface area contributed by atoms with E-state index in [4.69, 9.17) is 10.00 Å². The van der Waals surface area contributed by atoms with E-state index in [0.717, 1.165) is 18.3 Å². The third-order valence-corrected chi connectivity index (χ3v) is 3.34. The molecule has 0 aromatic heterocycles. The Kier molecular flexibility index (Phi) is 6.61. The molecule has 0 saturated heterocycles. The molecule has 0 aliphatic heterocycles. The maximum absolute atomic E-state index is 13.6. The van der Waals surface area contributed by atoms with Crippen molar-refractivity contribution in [1.82, 2.24) is 0 Å². The van der Waals surface area contributed by atoms with E-state index in [-0.39, 0.29) is 29.1 Å². The number of ether oxygens (including phenoxy) is 1. The lowest BCUT2D eigenvalue weighted by Crippen LogP contribution is -2.17. The number of amides is 1. The van der Waals surface area contributed by atoms with E-state index in [1.165, 1.54) is 12.1 Å². The Morgan fingerprint density at radius 1 is 1.19 bits per heavy atom. The van der Waals surface area contributed by atoms with Crippen molar-refractivity contribution in [2.45, 2.75) is 6.92 Å². The molecule has 0 heterocycles. The van der Waals surface area contributed by atoms with Gasteiger partial charge in [0, 0.05) is 12.3 Å². The van der Waals surface area contributed by atoms with Gasteiger partial charge in [-0.1, -0.05) is 12.1 Å². The van der Waals surface area contributed by atoms with Gasteiger partial charge in [-0.3, -0.25) is 4.79 Å². The molecule has 138 valence electrons. The molecule has 2 N–H and O–H groups in total. The first-order chi connectivity index (χ1) is 13.0. The number of esters is 1. The molecule has 0 aliphatic carbocycles. The Balaban J connectivity index is 2.18. The van der Waals surface area contributed by atoms with E-state index in [1.54, 1.807) is 25.1 Å². The summed E-state index contributed by atoms with van der Waals surface area (Å²) in [6.07, 6.45) is 0.985. The summed E-state index contributed by atoms with van der Waals surface area (Å²) in [7, 11) is 0. The van der Waals surface area contributed by atoms with E-state index in [2.05, 4.69) is 10.6 Å². The van der Waals surface area contributed by atoms with Crippen molar-refractivity contribution < 1.29 is 23.1 Å². The zero-order chi connectivity index (χ0) is 19.8. The topological polar surface area (TPSA) is 91.2 Å². The Bertz CT molecular complexity index is 936. The Hall–Kier alpha value is -3.73. The number of para-hydroxylation sites is 1. The number of carbonyl (C=O) groups is 2. The SMILES string of the molecule is CCOC(=O)c1ccccc1NC(=O)/C(C#N)=C\Nc1ccc(F)cc1F. The molecule has 0 aliphatic rings. The van der Waals surface area contributed by atoms with Crippen molar-refractivity contribution in [2.24, 2.45) is 0 Å². The van der Waals surface area contributed by atoms with Crippen LogP contribution in [0.5, 0.6) is 0 Å². The number of nitrogens with one attached hydrogen (secondary N) is 2. The monoisotopic (exact) mass is 371 g/mol. The van der Waals surface area contributed by atoms with Gasteiger partial charge in [-0.25, -0.2) is 13.6 Å². The van der Waals surface area contributed by atoms with Crippen molar-refractivity contribution in [2.75, 3.05) is 17.2 Å². The summed E-state index contributed by atoms with van der Waals surface area (Å²) in [4.78, 5) is 24.2. The number of carbonyl (C=O) groups excluding carboxylic acids is 2. The van der Waals surface area contributed by atoms with Gasteiger partial charge in [0.2, 0.25) is 0 Å². The van der Waals surface area contributed by atoms with Crippen molar-refractivity contribution in [1.29, 1.82) is 5.26 Å². The third-order valence-electron chi connectivity index (χ3n) is 3.34. The predicted octanol–water partition coefficient (Wildman–Crippen LogP) is 3.60. The molecule has 6 nitrogen and oxygen atoms in total. The fourth-order valence-corrected chi connectivity index (χ4v) is 2.07. The van der Waals surface area contributed by atoms with Gasteiger partial charge in [0.15, 0.2) is 0 Å². The van der Waals surface area contributed by atoms with Crippen LogP contribution < -0.4 is 10.6 Å². The molecule has 8 heteroatoms. The molecular formula is C19H15F2N3O3. The molecule has 2 aromatic carbocycles. The second-order valence-corrected chi connectivity index (χ2v) is 5.16. The van der Waals surface area contributed by atoms with Crippen LogP contribution >= 0.6 is 0 Å². The number of hydrogen-bond donors (Lipinski definition) is 2. The molecule has 0 spiro atoms. The second kappa shape index (κ2) is 9.10. The number of rotatable bonds is 6. The van der Waals surface area contributed by atoms with Gasteiger partial charge >= 0.3 is 5.97 Å². The zero-order valence-corrected chi connectivity index (χ0v) is 14.3. The molecular weight excluding hydrogens is 356 g/mol. The maximum atomic E-state index is 13.6. The van der Waals surface area contributed by atoms with Crippen LogP contribution in [0.2, 0.25) is 0 Å². The molecule has 0 radical (unpaired) electrons. The minimum absolute atomic E-state index is 0.108. The maximum Gasteiger partial charge on any atom is 0.340 e. The fourth-order valence-electron chi connectivity index (χ4n) is 2.07. The lowest BCUT2D eigenvalue weighted by atomic mass is 10.1. The Labute approximate surface area is 154 Å². The molecule has 0 saturated carbocycles. The number of nitrogens with zero attached hydrogens (tertiary/aromatic N) is 1. The molecule has 2 aromatic rings. The van der Waals surface area contributed by atoms with E-state index in [9.17, 15) is 18.4 Å². The van der Waals surface area contributed by atoms with Gasteiger partial charge in [0.05, 0.1) is 23.5 Å². The smallest absolute Gasteiger partial charge is 0.340 e. The van der Waals surface area contributed by atoms with E-state index in [1.807, 2.05) is 0 Å². The highest BCUT2D eigenvalue weighted by Crippen LogP contribution is 2.18. The first kappa shape index (κ1) is 19.6. The van der Waals surface area contributed by atoms with Gasteiger partial charge in [-0.2, -0.15) is 5.26 Å². The summed E-state index contributed by atoms with van der Waals surface area (Å²) in [5.41, 5.74) is -0.196. The first-order valence-corrected chi connectivity index (χ1v) is 7.85. The molecule has 1 amide bonds. The molecule has 27 heavy (non-hydrogen) atoms. The van der Waals surface area contributed by atoms with Crippen molar-refractivity contribution in [3.8, 4) is 6.07 Å². The summed E-state index contributed by atoms with van der Waals surface area (Å²) >= 11 is 0. The highest BCUT2D eigenvalue weighted by Gasteiger charge is 2.16. The highest BCUT2D eigenvalue weighted by molar-refractivity contribution is 6.09. The zero-order valence-electron chi connectivity index (χ0n) is 14.3. The fraction of sp³-hybridized carbons (Fsp3) is 0.105. The van der Waals surface area contributed by atoms with Crippen LogP contribution in [0.3, 0.4) is 0 Å². The number of halogens is 2. The van der Waals surface area contributed by atoms with E-state index in [0.29, 0.717) is 6.07 Å². The van der Waals surface area contributed by atoms with Crippen LogP contribution in [-0.2, 0) is 9.53 Å². The summed E-state index contributed by atoms with van der Waals surface area (Å²) in [5.74, 6) is -3.07. The van der Waals surface area contributed by atoms with Crippen LogP contribution in [0.15, 0.2) is 54.2 Å². The first-order valence-electron chi connectivity index (χ1n) is 7.85. The number of hydrogen-bond acceptors (Lipinski definition) is 5. The van der Waals surface area contributed by atoms with Crippen molar-refractivity contribution >= 4 is 23.3 Å². The third kappa shape index (κ3) is 5.12. The number of nitriles is 1. The summed E-state index contributed by atoms with van der Waals surface area (Å²) in [5, 5.41) is 14.0. The number of benzene rings is 2. The van der Waals surface area contributed by atoms with Crippen LogP contribution in [0, 0.1) is 23.0 Å². The van der Waals surface area contributed by atoms with Crippen LogP contribution in [0.4, 0.5) is 20.2 Å². The second-order valence-electron chi connectivity index (χ2n) is 5.16. The highest BCUT2D eigenvalue weighted by atomic mass is 19.1. The summed E-state index contributed by atoms with van der Waals surface area (Å²) < 4.78 is 31.4. The Morgan fingerprint density at radius 2 is 1.93 bits per heavy atom. The summed E-state index contributed by atoms with van der Waals surface area (Å²) in [6.45, 7) is 1.81. The van der Waals surface area contributed by atoms with Gasteiger partial charge in [-0.15, -0.1) is 0 Å². The van der Waals surface area contributed by atoms with E-state index >= 15 is 0 Å². The summed E-state index contributed by atoms with van der Waals surface area (Å²) in [6, 6.07) is 10.6. The molecule has 0 unspecified atom stereocenters. The standard InChI is InChI=1S/C19H15F2N3O3/c1-2-27-19(26)14-5-3-4-6-16(14)24-18(25)12(10-22)11-23-17-8-7-13(20)9-15(17)21/h3-9,11,23H,2H2,1H3,(H,24,25)/b12-11-.